The molecule has 0 radical (unpaired) electrons. The fraction of sp³-hybridized carbons (Fsp3) is 0.500. The van der Waals surface area contributed by atoms with Crippen molar-refractivity contribution in [3.63, 3.8) is 0 Å². The maximum absolute atomic E-state index is 15.1. The lowest BCUT2D eigenvalue weighted by Gasteiger charge is -2.34. The quantitative estimate of drug-likeness (QED) is 0.774. The van der Waals surface area contributed by atoms with Crippen molar-refractivity contribution in [3.05, 3.63) is 28.8 Å². The van der Waals surface area contributed by atoms with E-state index in [0.717, 1.165) is 0 Å². The smallest absolute Gasteiger partial charge is 0.339 e. The number of likely N-dealkylation sites (tertiary alicyclic amines) is 1. The van der Waals surface area contributed by atoms with Gasteiger partial charge in [0.05, 0.1) is 17.7 Å². The molecule has 0 unspecified atom stereocenters. The first-order valence-corrected chi connectivity index (χ1v) is 7.82. The van der Waals surface area contributed by atoms with E-state index >= 15 is 4.39 Å². The van der Waals surface area contributed by atoms with Gasteiger partial charge in [-0.3, -0.25) is 4.79 Å². The Bertz CT molecular complexity index is 669. The number of piperidine rings is 1. The molecule has 2 atom stereocenters. The molecular weight excluding hydrogens is 323 g/mol. The van der Waals surface area contributed by atoms with E-state index in [1.807, 2.05) is 11.9 Å². The second kappa shape index (κ2) is 5.76. The Morgan fingerprint density at radius 2 is 2.17 bits per heavy atom. The molecule has 1 aromatic rings. The monoisotopic (exact) mass is 340 g/mol. The van der Waals surface area contributed by atoms with Gasteiger partial charge >= 0.3 is 5.97 Å². The predicted molar refractivity (Wildman–Crippen MR) is 84.6 cm³/mol. The number of benzene rings is 1. The predicted octanol–water partition coefficient (Wildman–Crippen LogP) is 2.13. The Hall–Kier alpha value is -1.66. The minimum absolute atomic E-state index is 0.182. The van der Waals surface area contributed by atoms with Crippen molar-refractivity contribution in [3.8, 4) is 0 Å². The molecule has 0 saturated carbocycles. The van der Waals surface area contributed by atoms with Gasteiger partial charge in [0.2, 0.25) is 0 Å². The summed E-state index contributed by atoms with van der Waals surface area (Å²) < 4.78 is 19.7. The summed E-state index contributed by atoms with van der Waals surface area (Å²) in [5.74, 6) is -1.42. The fourth-order valence-electron chi connectivity index (χ4n) is 3.35. The average Bonchev–Trinajstić information content (AvgIpc) is 2.79. The molecule has 0 aliphatic carbocycles. The molecule has 23 heavy (non-hydrogen) atoms. The third-order valence-corrected chi connectivity index (χ3v) is 5.02. The van der Waals surface area contributed by atoms with Crippen molar-refractivity contribution in [2.45, 2.75) is 12.1 Å². The number of rotatable bonds is 2. The summed E-state index contributed by atoms with van der Waals surface area (Å²) >= 11 is 6.10. The number of carbonyl (C=O) groups excluding carboxylic acids is 2. The number of hydrogen-bond donors (Lipinski definition) is 0. The van der Waals surface area contributed by atoms with Crippen LogP contribution in [0.4, 0.5) is 10.1 Å². The number of anilines is 1. The molecule has 0 aromatic heterocycles. The Balaban J connectivity index is 1.90. The zero-order valence-corrected chi connectivity index (χ0v) is 13.8. The van der Waals surface area contributed by atoms with Crippen LogP contribution in [-0.4, -0.2) is 56.2 Å². The van der Waals surface area contributed by atoms with Crippen LogP contribution in [0.25, 0.3) is 0 Å². The van der Waals surface area contributed by atoms with Gasteiger partial charge in [-0.1, -0.05) is 11.6 Å². The Kier molecular flexibility index (Phi) is 4.06. The van der Waals surface area contributed by atoms with Gasteiger partial charge in [0, 0.05) is 37.7 Å². The molecule has 0 spiro atoms. The van der Waals surface area contributed by atoms with Crippen LogP contribution in [0, 0.1) is 5.92 Å². The minimum atomic E-state index is -1.81. The van der Waals surface area contributed by atoms with Crippen LogP contribution in [0.15, 0.2) is 18.2 Å². The standard InChI is InChI=1S/C16H18ClFN2O3/c1-19-6-5-16(18)10(8-19)9-20(15(16)22)11-3-4-12(13(17)7-11)14(21)23-2/h3-4,7,10H,5-6,8-9H2,1-2H3/t10-,16+/m0/s1. The van der Waals surface area contributed by atoms with E-state index in [0.29, 0.717) is 25.3 Å². The summed E-state index contributed by atoms with van der Waals surface area (Å²) in [5, 5.41) is 0.182. The average molecular weight is 341 g/mol. The number of carbonyl (C=O) groups is 2. The van der Waals surface area contributed by atoms with Gasteiger partial charge < -0.3 is 14.5 Å². The van der Waals surface area contributed by atoms with E-state index in [9.17, 15) is 9.59 Å². The van der Waals surface area contributed by atoms with E-state index in [-0.39, 0.29) is 22.9 Å². The molecule has 2 fully saturated rings. The highest BCUT2D eigenvalue weighted by Crippen LogP contribution is 2.41. The molecule has 0 bridgehead atoms. The summed E-state index contributed by atoms with van der Waals surface area (Å²) in [4.78, 5) is 27.6. The van der Waals surface area contributed by atoms with Gasteiger partial charge in [0.15, 0.2) is 5.67 Å². The molecule has 124 valence electrons. The van der Waals surface area contributed by atoms with E-state index in [2.05, 4.69) is 4.74 Å². The molecule has 5 nitrogen and oxygen atoms in total. The first kappa shape index (κ1) is 16.2. The summed E-state index contributed by atoms with van der Waals surface area (Å²) in [6.07, 6.45) is 0.206. The van der Waals surface area contributed by atoms with Crippen LogP contribution < -0.4 is 4.90 Å². The lowest BCUT2D eigenvalue weighted by atomic mass is 9.85. The van der Waals surface area contributed by atoms with E-state index in [4.69, 9.17) is 11.6 Å². The number of hydrogen-bond acceptors (Lipinski definition) is 4. The molecule has 2 aliphatic rings. The van der Waals surface area contributed by atoms with Crippen molar-refractivity contribution >= 4 is 29.2 Å². The van der Waals surface area contributed by atoms with Crippen molar-refractivity contribution in [2.24, 2.45) is 5.92 Å². The molecule has 1 aromatic carbocycles. The molecule has 3 rings (SSSR count). The number of ether oxygens (including phenoxy) is 1. The van der Waals surface area contributed by atoms with E-state index in [1.165, 1.54) is 24.1 Å². The van der Waals surface area contributed by atoms with Crippen molar-refractivity contribution in [1.82, 2.24) is 4.90 Å². The van der Waals surface area contributed by atoms with Gasteiger partial charge in [-0.05, 0) is 25.2 Å². The van der Waals surface area contributed by atoms with Crippen molar-refractivity contribution < 1.29 is 18.7 Å². The number of fused-ring (bicyclic) bond motifs is 1. The summed E-state index contributed by atoms with van der Waals surface area (Å²) in [6.45, 7) is 1.43. The third kappa shape index (κ3) is 2.60. The zero-order chi connectivity index (χ0) is 16.8. The highest BCUT2D eigenvalue weighted by Gasteiger charge is 2.56. The fourth-order valence-corrected chi connectivity index (χ4v) is 3.60. The first-order valence-electron chi connectivity index (χ1n) is 7.44. The minimum Gasteiger partial charge on any atom is -0.465 e. The zero-order valence-electron chi connectivity index (χ0n) is 13.0. The molecule has 1 amide bonds. The van der Waals surface area contributed by atoms with Crippen molar-refractivity contribution in [1.29, 1.82) is 0 Å². The second-order valence-corrected chi connectivity index (χ2v) is 6.55. The second-order valence-electron chi connectivity index (χ2n) is 6.14. The van der Waals surface area contributed by atoms with Gasteiger partial charge in [-0.25, -0.2) is 9.18 Å². The highest BCUT2D eigenvalue weighted by molar-refractivity contribution is 6.34. The first-order chi connectivity index (χ1) is 10.9. The number of esters is 1. The topological polar surface area (TPSA) is 49.9 Å². The summed E-state index contributed by atoms with van der Waals surface area (Å²) in [7, 11) is 3.19. The Morgan fingerprint density at radius 1 is 1.43 bits per heavy atom. The molecule has 7 heteroatoms. The molecule has 0 N–H and O–H groups in total. The van der Waals surface area contributed by atoms with Crippen LogP contribution in [-0.2, 0) is 9.53 Å². The van der Waals surface area contributed by atoms with Crippen LogP contribution in [0.3, 0.4) is 0 Å². The Labute approximate surface area is 138 Å². The highest BCUT2D eigenvalue weighted by atomic mass is 35.5. The van der Waals surface area contributed by atoms with E-state index in [1.54, 1.807) is 6.07 Å². The van der Waals surface area contributed by atoms with Crippen LogP contribution in [0.1, 0.15) is 16.8 Å². The number of amides is 1. The maximum atomic E-state index is 15.1. The molecule has 2 aliphatic heterocycles. The van der Waals surface area contributed by atoms with Gasteiger partial charge in [0.1, 0.15) is 0 Å². The lowest BCUT2D eigenvalue weighted by Crippen LogP contribution is -2.49. The third-order valence-electron chi connectivity index (χ3n) is 4.71. The van der Waals surface area contributed by atoms with Gasteiger partial charge in [-0.2, -0.15) is 0 Å². The number of nitrogens with zero attached hydrogens (tertiary/aromatic N) is 2. The number of alkyl halides is 1. The molecule has 2 heterocycles. The lowest BCUT2D eigenvalue weighted by molar-refractivity contribution is -0.131. The van der Waals surface area contributed by atoms with Crippen LogP contribution >= 0.6 is 11.6 Å². The molecule has 2 saturated heterocycles. The largest absolute Gasteiger partial charge is 0.465 e. The SMILES string of the molecule is COC(=O)c1ccc(N2C[C@@H]3CN(C)CC[C@]3(F)C2=O)cc1Cl. The maximum Gasteiger partial charge on any atom is 0.339 e. The number of halogens is 2. The molecular formula is C16H18ClFN2O3. The summed E-state index contributed by atoms with van der Waals surface area (Å²) in [6, 6.07) is 4.60. The van der Waals surface area contributed by atoms with Crippen molar-refractivity contribution in [2.75, 3.05) is 38.7 Å². The van der Waals surface area contributed by atoms with Gasteiger partial charge in [-0.15, -0.1) is 0 Å². The van der Waals surface area contributed by atoms with Gasteiger partial charge in [0.25, 0.3) is 5.91 Å². The van der Waals surface area contributed by atoms with E-state index < -0.39 is 17.5 Å². The van der Waals surface area contributed by atoms with Crippen LogP contribution in [0.5, 0.6) is 0 Å². The summed E-state index contributed by atoms with van der Waals surface area (Å²) in [5.41, 5.74) is -1.08. The Morgan fingerprint density at radius 3 is 2.83 bits per heavy atom. The number of methoxy groups -OCH3 is 1. The normalized spacial score (nSPS) is 27.9. The van der Waals surface area contributed by atoms with Crippen LogP contribution in [0.2, 0.25) is 5.02 Å².